The smallest absolute Gasteiger partial charge is 0.150 e. The number of benzene rings is 1. The molecule has 0 bridgehead atoms. The minimum Gasteiger partial charge on any atom is -0.330 e. The molecule has 1 aromatic carbocycles. The first-order valence-electron chi connectivity index (χ1n) is 6.62. The van der Waals surface area contributed by atoms with Crippen LogP contribution in [0, 0.1) is 5.92 Å². The van der Waals surface area contributed by atoms with Crippen molar-refractivity contribution in [2.24, 2.45) is 11.7 Å². The molecule has 1 atom stereocenters. The molecule has 2 N–H and O–H groups in total. The van der Waals surface area contributed by atoms with Crippen LogP contribution in [-0.2, 0) is 16.3 Å². The van der Waals surface area contributed by atoms with Gasteiger partial charge in [-0.2, -0.15) is 0 Å². The highest BCUT2D eigenvalue weighted by atomic mass is 79.9. The zero-order valence-corrected chi connectivity index (χ0v) is 13.7. The summed E-state index contributed by atoms with van der Waals surface area (Å²) in [6.45, 7) is 2.40. The van der Waals surface area contributed by atoms with Gasteiger partial charge in [-0.25, -0.2) is 8.42 Å². The van der Waals surface area contributed by atoms with Gasteiger partial charge in [0.1, 0.15) is 9.84 Å². The van der Waals surface area contributed by atoms with Gasteiger partial charge in [-0.1, -0.05) is 41.1 Å². The predicted octanol–water partition coefficient (Wildman–Crippen LogP) is 2.78. The van der Waals surface area contributed by atoms with Gasteiger partial charge < -0.3 is 5.73 Å². The summed E-state index contributed by atoms with van der Waals surface area (Å²) in [6, 6.07) is 8.00. The van der Waals surface area contributed by atoms with Gasteiger partial charge in [-0.3, -0.25) is 0 Å². The molecule has 19 heavy (non-hydrogen) atoms. The number of halogens is 1. The summed E-state index contributed by atoms with van der Waals surface area (Å²) in [5, 5.41) is 0. The Morgan fingerprint density at radius 3 is 2.53 bits per heavy atom. The Morgan fingerprint density at radius 1 is 1.26 bits per heavy atom. The van der Waals surface area contributed by atoms with E-state index in [1.807, 2.05) is 31.2 Å². The molecule has 0 aliphatic heterocycles. The van der Waals surface area contributed by atoms with E-state index in [4.69, 9.17) is 5.73 Å². The monoisotopic (exact) mass is 347 g/mol. The van der Waals surface area contributed by atoms with Crippen molar-refractivity contribution in [3.05, 3.63) is 34.3 Å². The van der Waals surface area contributed by atoms with Crippen LogP contribution >= 0.6 is 15.9 Å². The summed E-state index contributed by atoms with van der Waals surface area (Å²) in [5.74, 6) is 0.734. The van der Waals surface area contributed by atoms with E-state index >= 15 is 0 Å². The molecule has 0 amide bonds. The highest BCUT2D eigenvalue weighted by molar-refractivity contribution is 9.10. The van der Waals surface area contributed by atoms with Gasteiger partial charge in [0.05, 0.1) is 5.75 Å². The van der Waals surface area contributed by atoms with E-state index in [0.717, 1.165) is 10.9 Å². The van der Waals surface area contributed by atoms with E-state index in [0.29, 0.717) is 19.4 Å². The highest BCUT2D eigenvalue weighted by Crippen LogP contribution is 2.21. The molecule has 3 nitrogen and oxygen atoms in total. The van der Waals surface area contributed by atoms with E-state index in [-0.39, 0.29) is 17.4 Å². The van der Waals surface area contributed by atoms with Crippen molar-refractivity contribution in [3.63, 3.8) is 0 Å². The van der Waals surface area contributed by atoms with Crippen molar-refractivity contribution in [2.45, 2.75) is 26.2 Å². The fraction of sp³-hybridized carbons (Fsp3) is 0.571. The topological polar surface area (TPSA) is 60.2 Å². The first-order valence-corrected chi connectivity index (χ1v) is 9.24. The molecular weight excluding hydrogens is 326 g/mol. The molecule has 0 fully saturated rings. The molecule has 0 radical (unpaired) electrons. The van der Waals surface area contributed by atoms with Crippen molar-refractivity contribution in [1.29, 1.82) is 0 Å². The quantitative estimate of drug-likeness (QED) is 0.786. The average molecular weight is 348 g/mol. The Labute approximate surface area is 124 Å². The summed E-state index contributed by atoms with van der Waals surface area (Å²) in [4.78, 5) is 0. The van der Waals surface area contributed by atoms with Crippen LogP contribution in [0.1, 0.15) is 25.3 Å². The summed E-state index contributed by atoms with van der Waals surface area (Å²) < 4.78 is 24.5. The lowest BCUT2D eigenvalue weighted by atomic mass is 9.97. The van der Waals surface area contributed by atoms with E-state index in [1.54, 1.807) is 0 Å². The molecule has 0 aromatic heterocycles. The molecule has 0 saturated heterocycles. The summed E-state index contributed by atoms with van der Waals surface area (Å²) >= 11 is 3.51. The van der Waals surface area contributed by atoms with E-state index in [2.05, 4.69) is 15.9 Å². The molecular formula is C14H22BrNO2S. The molecule has 1 unspecified atom stereocenters. The Kier molecular flexibility index (Phi) is 7.04. The fourth-order valence-electron chi connectivity index (χ4n) is 2.04. The van der Waals surface area contributed by atoms with Gasteiger partial charge in [0, 0.05) is 10.2 Å². The Balaban J connectivity index is 2.58. The maximum atomic E-state index is 11.7. The molecule has 1 rings (SSSR count). The second-order valence-corrected chi connectivity index (χ2v) is 8.00. The van der Waals surface area contributed by atoms with Gasteiger partial charge in [0.25, 0.3) is 0 Å². The first-order chi connectivity index (χ1) is 8.98. The Bertz CT molecular complexity index is 488. The molecule has 0 spiro atoms. The second-order valence-electron chi connectivity index (χ2n) is 4.84. The lowest BCUT2D eigenvalue weighted by Crippen LogP contribution is -2.21. The van der Waals surface area contributed by atoms with Crippen molar-refractivity contribution < 1.29 is 8.42 Å². The first kappa shape index (κ1) is 16.7. The molecule has 0 aliphatic rings. The SMILES string of the molecule is CCCS(=O)(=O)CCC(CN)Cc1ccccc1Br. The van der Waals surface area contributed by atoms with E-state index in [1.165, 1.54) is 5.56 Å². The molecule has 0 saturated carbocycles. The third kappa shape index (κ3) is 6.06. The van der Waals surface area contributed by atoms with Crippen LogP contribution in [-0.4, -0.2) is 26.5 Å². The summed E-state index contributed by atoms with van der Waals surface area (Å²) in [5.41, 5.74) is 6.95. The number of hydrogen-bond acceptors (Lipinski definition) is 3. The lowest BCUT2D eigenvalue weighted by Gasteiger charge is -2.15. The Hall–Kier alpha value is -0.390. The minimum atomic E-state index is -2.91. The van der Waals surface area contributed by atoms with Gasteiger partial charge in [0.2, 0.25) is 0 Å². The van der Waals surface area contributed by atoms with Crippen LogP contribution in [0.25, 0.3) is 0 Å². The maximum Gasteiger partial charge on any atom is 0.150 e. The van der Waals surface area contributed by atoms with Crippen LogP contribution in [0.5, 0.6) is 0 Å². The molecule has 0 heterocycles. The van der Waals surface area contributed by atoms with Crippen molar-refractivity contribution in [3.8, 4) is 0 Å². The summed E-state index contributed by atoms with van der Waals surface area (Å²) in [7, 11) is -2.91. The van der Waals surface area contributed by atoms with Crippen LogP contribution in [0.3, 0.4) is 0 Å². The van der Waals surface area contributed by atoms with Gasteiger partial charge in [-0.05, 0) is 43.4 Å². The lowest BCUT2D eigenvalue weighted by molar-refractivity contribution is 0.510. The number of nitrogens with two attached hydrogens (primary N) is 1. The maximum absolute atomic E-state index is 11.7. The van der Waals surface area contributed by atoms with Crippen molar-refractivity contribution >= 4 is 25.8 Å². The van der Waals surface area contributed by atoms with E-state index in [9.17, 15) is 8.42 Å². The van der Waals surface area contributed by atoms with Crippen molar-refractivity contribution in [2.75, 3.05) is 18.1 Å². The Morgan fingerprint density at radius 2 is 1.95 bits per heavy atom. The molecule has 108 valence electrons. The molecule has 5 heteroatoms. The largest absolute Gasteiger partial charge is 0.330 e. The van der Waals surface area contributed by atoms with Crippen LogP contribution < -0.4 is 5.73 Å². The number of hydrogen-bond donors (Lipinski definition) is 1. The molecule has 0 aliphatic carbocycles. The highest BCUT2D eigenvalue weighted by Gasteiger charge is 2.15. The minimum absolute atomic E-state index is 0.213. The van der Waals surface area contributed by atoms with Gasteiger partial charge >= 0.3 is 0 Å². The van der Waals surface area contributed by atoms with Gasteiger partial charge in [0.15, 0.2) is 0 Å². The van der Waals surface area contributed by atoms with E-state index < -0.39 is 9.84 Å². The third-order valence-electron chi connectivity index (χ3n) is 3.15. The number of rotatable bonds is 8. The fourth-order valence-corrected chi connectivity index (χ4v) is 4.00. The second kappa shape index (κ2) is 8.02. The zero-order chi connectivity index (χ0) is 14.3. The van der Waals surface area contributed by atoms with Crippen LogP contribution in [0.4, 0.5) is 0 Å². The zero-order valence-electron chi connectivity index (χ0n) is 11.3. The normalized spacial score (nSPS) is 13.4. The third-order valence-corrected chi connectivity index (χ3v) is 5.81. The van der Waals surface area contributed by atoms with Gasteiger partial charge in [-0.15, -0.1) is 0 Å². The van der Waals surface area contributed by atoms with Crippen molar-refractivity contribution in [1.82, 2.24) is 0 Å². The van der Waals surface area contributed by atoms with Crippen LogP contribution in [0.2, 0.25) is 0 Å². The summed E-state index contributed by atoms with van der Waals surface area (Å²) in [6.07, 6.45) is 2.14. The number of sulfone groups is 1. The molecule has 1 aromatic rings. The predicted molar refractivity (Wildman–Crippen MR) is 84.0 cm³/mol. The standard InChI is InChI=1S/C14H22BrNO2S/c1-2-8-19(17,18)9-7-12(11-16)10-13-5-3-4-6-14(13)15/h3-6,12H,2,7-11,16H2,1H3. The van der Waals surface area contributed by atoms with Crippen LogP contribution in [0.15, 0.2) is 28.7 Å². The average Bonchev–Trinajstić information content (AvgIpc) is 2.36.